The van der Waals surface area contributed by atoms with Crippen molar-refractivity contribution < 1.29 is 14.7 Å². The zero-order chi connectivity index (χ0) is 22.5. The number of nitrogens with zero attached hydrogens (tertiary/aromatic N) is 2. The van der Waals surface area contributed by atoms with Crippen LogP contribution in [0, 0.1) is 17.2 Å². The third kappa shape index (κ3) is 5.10. The number of amides is 1. The zero-order valence-electron chi connectivity index (χ0n) is 16.7. The van der Waals surface area contributed by atoms with Gasteiger partial charge in [-0.1, -0.05) is 35.0 Å². The molecule has 2 N–H and O–H groups in total. The van der Waals surface area contributed by atoms with E-state index < -0.39 is 11.8 Å². The first kappa shape index (κ1) is 22.9. The molecule has 31 heavy (non-hydrogen) atoms. The highest BCUT2D eigenvalue weighted by atomic mass is 79.9. The fourth-order valence-electron chi connectivity index (χ4n) is 2.76. The summed E-state index contributed by atoms with van der Waals surface area (Å²) >= 11 is 5.81. The van der Waals surface area contributed by atoms with Gasteiger partial charge in [0.05, 0.1) is 32.0 Å². The minimum absolute atomic E-state index is 0.105. The van der Waals surface area contributed by atoms with Crippen molar-refractivity contribution in [1.82, 2.24) is 5.43 Å². The minimum Gasteiger partial charge on any atom is -0.506 e. The Morgan fingerprint density at radius 1 is 1.23 bits per heavy atom. The molecule has 2 aromatic heterocycles. The topological polar surface area (TPSA) is 103 Å². The van der Waals surface area contributed by atoms with Crippen LogP contribution in [0.3, 0.4) is 0 Å². The SMILES string of the molecule is CCC(C#N)C(=O)c1ccc(C(=O)N/N=C(\C)c2csc(-c3ccc(Br)cc3)c2O)s1. The van der Waals surface area contributed by atoms with Crippen molar-refractivity contribution in [3.05, 3.63) is 61.6 Å². The van der Waals surface area contributed by atoms with E-state index in [9.17, 15) is 14.7 Å². The summed E-state index contributed by atoms with van der Waals surface area (Å²) in [4.78, 5) is 26.1. The van der Waals surface area contributed by atoms with Crippen LogP contribution in [0.4, 0.5) is 0 Å². The summed E-state index contributed by atoms with van der Waals surface area (Å²) in [7, 11) is 0. The van der Waals surface area contributed by atoms with E-state index in [1.54, 1.807) is 25.3 Å². The third-order valence-corrected chi connectivity index (χ3v) is 7.18. The van der Waals surface area contributed by atoms with Gasteiger partial charge in [0, 0.05) is 9.85 Å². The fourth-order valence-corrected chi connectivity index (χ4v) is 4.93. The van der Waals surface area contributed by atoms with Gasteiger partial charge in [-0.05, 0) is 43.2 Å². The molecule has 6 nitrogen and oxygen atoms in total. The Morgan fingerprint density at radius 2 is 1.90 bits per heavy atom. The number of ketones is 1. The Kier molecular flexibility index (Phi) is 7.38. The lowest BCUT2D eigenvalue weighted by Gasteiger charge is -2.03. The number of hydrazone groups is 1. The van der Waals surface area contributed by atoms with Crippen LogP contribution in [0.5, 0.6) is 5.75 Å². The van der Waals surface area contributed by atoms with E-state index in [4.69, 9.17) is 5.26 Å². The van der Waals surface area contributed by atoms with Crippen molar-refractivity contribution in [1.29, 1.82) is 5.26 Å². The standard InChI is InChI=1S/C22H18BrN3O3S2/c1-3-13(10-24)19(27)17-8-9-18(31-17)22(29)26-25-12(2)16-11-30-21(20(16)28)14-4-6-15(23)7-5-14/h4-9,11,13,28H,3H2,1-2H3,(H,26,29)/b25-12+. The van der Waals surface area contributed by atoms with E-state index in [0.29, 0.717) is 32.3 Å². The molecule has 9 heteroatoms. The van der Waals surface area contributed by atoms with Crippen molar-refractivity contribution in [3.63, 3.8) is 0 Å². The average molecular weight is 516 g/mol. The van der Waals surface area contributed by atoms with Gasteiger partial charge in [-0.2, -0.15) is 10.4 Å². The predicted molar refractivity (Wildman–Crippen MR) is 127 cm³/mol. The molecule has 0 spiro atoms. The number of hydrogen-bond acceptors (Lipinski definition) is 7. The highest BCUT2D eigenvalue weighted by Gasteiger charge is 2.21. The first-order valence-corrected chi connectivity index (χ1v) is 11.8. The fraction of sp³-hybridized carbons (Fsp3) is 0.182. The van der Waals surface area contributed by atoms with Crippen LogP contribution in [0.1, 0.15) is 45.2 Å². The van der Waals surface area contributed by atoms with E-state index in [2.05, 4.69) is 26.5 Å². The summed E-state index contributed by atoms with van der Waals surface area (Å²) in [5.41, 5.74) is 4.33. The van der Waals surface area contributed by atoms with Crippen LogP contribution in [-0.4, -0.2) is 22.5 Å². The molecule has 0 aliphatic carbocycles. The summed E-state index contributed by atoms with van der Waals surface area (Å²) in [6, 6.07) is 12.7. The Bertz CT molecular complexity index is 1190. The molecule has 1 atom stereocenters. The van der Waals surface area contributed by atoms with E-state index in [0.717, 1.165) is 21.4 Å². The third-order valence-electron chi connectivity index (χ3n) is 4.54. The molecule has 3 rings (SSSR count). The number of carbonyl (C=O) groups excluding carboxylic acids is 2. The monoisotopic (exact) mass is 515 g/mol. The summed E-state index contributed by atoms with van der Waals surface area (Å²) in [5, 5.41) is 25.5. The highest BCUT2D eigenvalue weighted by Crippen LogP contribution is 2.39. The quantitative estimate of drug-likeness (QED) is 0.234. The second-order valence-corrected chi connectivity index (χ2v) is 9.47. The van der Waals surface area contributed by atoms with Crippen LogP contribution < -0.4 is 5.43 Å². The second-order valence-electron chi connectivity index (χ2n) is 6.59. The molecule has 1 unspecified atom stereocenters. The Labute approximate surface area is 196 Å². The van der Waals surface area contributed by atoms with Crippen LogP contribution >= 0.6 is 38.6 Å². The molecule has 3 aromatic rings. The summed E-state index contributed by atoms with van der Waals surface area (Å²) in [5.74, 6) is -1.35. The maximum atomic E-state index is 12.4. The van der Waals surface area contributed by atoms with Gasteiger partial charge in [-0.3, -0.25) is 9.59 Å². The molecule has 0 aliphatic heterocycles. The van der Waals surface area contributed by atoms with Gasteiger partial charge in [0.1, 0.15) is 11.7 Å². The van der Waals surface area contributed by atoms with Crippen LogP contribution in [0.15, 0.2) is 51.4 Å². The van der Waals surface area contributed by atoms with Crippen molar-refractivity contribution in [3.8, 4) is 22.3 Å². The predicted octanol–water partition coefficient (Wildman–Crippen LogP) is 5.83. The molecule has 1 amide bonds. The number of hydrogen-bond donors (Lipinski definition) is 2. The smallest absolute Gasteiger partial charge is 0.281 e. The van der Waals surface area contributed by atoms with Gasteiger partial charge in [0.25, 0.3) is 5.91 Å². The van der Waals surface area contributed by atoms with Gasteiger partial charge in [0.2, 0.25) is 0 Å². The lowest BCUT2D eigenvalue weighted by atomic mass is 10.0. The largest absolute Gasteiger partial charge is 0.506 e. The van der Waals surface area contributed by atoms with Crippen molar-refractivity contribution in [2.24, 2.45) is 11.0 Å². The number of nitrogens with one attached hydrogen (secondary N) is 1. The van der Waals surface area contributed by atoms with E-state index >= 15 is 0 Å². The van der Waals surface area contributed by atoms with E-state index in [1.165, 1.54) is 17.4 Å². The van der Waals surface area contributed by atoms with Crippen LogP contribution in [0.25, 0.3) is 10.4 Å². The van der Waals surface area contributed by atoms with Gasteiger partial charge in [-0.15, -0.1) is 22.7 Å². The number of carbonyl (C=O) groups is 2. The van der Waals surface area contributed by atoms with Crippen LogP contribution in [0.2, 0.25) is 0 Å². The van der Waals surface area contributed by atoms with Crippen LogP contribution in [-0.2, 0) is 0 Å². The summed E-state index contributed by atoms with van der Waals surface area (Å²) in [6.45, 7) is 3.46. The van der Waals surface area contributed by atoms with Gasteiger partial charge >= 0.3 is 0 Å². The number of benzene rings is 1. The molecule has 0 saturated carbocycles. The first-order valence-electron chi connectivity index (χ1n) is 9.30. The number of nitriles is 1. The minimum atomic E-state index is -0.712. The lowest BCUT2D eigenvalue weighted by Crippen LogP contribution is -2.18. The molecular weight excluding hydrogens is 498 g/mol. The van der Waals surface area contributed by atoms with Crippen molar-refractivity contribution in [2.75, 3.05) is 0 Å². The Balaban J connectivity index is 1.73. The van der Waals surface area contributed by atoms with E-state index in [-0.39, 0.29) is 11.5 Å². The van der Waals surface area contributed by atoms with Crippen molar-refractivity contribution >= 4 is 56.0 Å². The Morgan fingerprint density at radius 3 is 2.55 bits per heavy atom. The molecule has 0 saturated heterocycles. The number of rotatable bonds is 7. The molecule has 158 valence electrons. The molecule has 2 heterocycles. The maximum absolute atomic E-state index is 12.4. The lowest BCUT2D eigenvalue weighted by molar-refractivity contribution is 0.0947. The highest BCUT2D eigenvalue weighted by molar-refractivity contribution is 9.10. The Hall–Kier alpha value is -2.80. The maximum Gasteiger partial charge on any atom is 0.281 e. The summed E-state index contributed by atoms with van der Waals surface area (Å²) in [6.07, 6.45) is 0.421. The number of aromatic hydroxyl groups is 1. The molecule has 0 bridgehead atoms. The van der Waals surface area contributed by atoms with E-state index in [1.807, 2.05) is 30.3 Å². The number of halogens is 1. The van der Waals surface area contributed by atoms with Gasteiger partial charge < -0.3 is 5.11 Å². The number of thiophene rings is 2. The summed E-state index contributed by atoms with van der Waals surface area (Å²) < 4.78 is 0.948. The second kappa shape index (κ2) is 10.0. The average Bonchev–Trinajstić information content (AvgIpc) is 3.40. The molecule has 0 fully saturated rings. The van der Waals surface area contributed by atoms with Gasteiger partial charge in [0.15, 0.2) is 5.78 Å². The van der Waals surface area contributed by atoms with Crippen molar-refractivity contribution in [2.45, 2.75) is 20.3 Å². The first-order chi connectivity index (χ1) is 14.8. The molecule has 0 aliphatic rings. The molecular formula is C22H18BrN3O3S2. The normalized spacial score (nSPS) is 12.3. The van der Waals surface area contributed by atoms with Gasteiger partial charge in [-0.25, -0.2) is 5.43 Å². The zero-order valence-corrected chi connectivity index (χ0v) is 19.9. The number of Topliss-reactive ketones (excluding diaryl/α,β-unsaturated/α-hetero) is 1. The molecule has 0 radical (unpaired) electrons. The molecule has 1 aromatic carbocycles.